The van der Waals surface area contributed by atoms with E-state index < -0.39 is 16.1 Å². The van der Waals surface area contributed by atoms with E-state index in [0.717, 1.165) is 16.7 Å². The third kappa shape index (κ3) is 5.11. The average molecular weight is 420 g/mol. The Bertz CT molecular complexity index is 1040. The van der Waals surface area contributed by atoms with E-state index >= 15 is 0 Å². The van der Waals surface area contributed by atoms with Gasteiger partial charge in [-0.3, -0.25) is 0 Å². The third-order valence-electron chi connectivity index (χ3n) is 4.27. The standard InChI is InChI=1S/C21H19Cl2NO2S/c1-15-7-5-6-10-18(15)21(17-8-3-2-4-9-17)24-27(25,26)14-16-11-12-19(22)20(23)13-16/h2-13,21,24H,14H2,1H3/t21-/m1/s1. The highest BCUT2D eigenvalue weighted by molar-refractivity contribution is 7.88. The molecule has 0 heterocycles. The number of halogens is 2. The van der Waals surface area contributed by atoms with E-state index in [2.05, 4.69) is 4.72 Å². The smallest absolute Gasteiger partial charge is 0.212 e. The van der Waals surface area contributed by atoms with E-state index in [4.69, 9.17) is 23.2 Å². The summed E-state index contributed by atoms with van der Waals surface area (Å²) in [5.41, 5.74) is 3.39. The molecule has 0 aliphatic rings. The highest BCUT2D eigenvalue weighted by Crippen LogP contribution is 2.27. The summed E-state index contributed by atoms with van der Waals surface area (Å²) in [5, 5.41) is 0.732. The van der Waals surface area contributed by atoms with Crippen molar-refractivity contribution in [1.82, 2.24) is 4.72 Å². The monoisotopic (exact) mass is 419 g/mol. The van der Waals surface area contributed by atoms with Crippen LogP contribution in [-0.4, -0.2) is 8.42 Å². The van der Waals surface area contributed by atoms with Crippen LogP contribution in [0.3, 0.4) is 0 Å². The van der Waals surface area contributed by atoms with Crippen LogP contribution in [0.25, 0.3) is 0 Å². The Morgan fingerprint density at radius 2 is 1.56 bits per heavy atom. The number of benzene rings is 3. The Balaban J connectivity index is 1.93. The fourth-order valence-electron chi connectivity index (χ4n) is 2.94. The largest absolute Gasteiger partial charge is 0.216 e. The minimum atomic E-state index is -3.63. The van der Waals surface area contributed by atoms with Crippen LogP contribution in [0.2, 0.25) is 10.0 Å². The summed E-state index contributed by atoms with van der Waals surface area (Å²) in [6.45, 7) is 1.97. The second kappa shape index (κ2) is 8.44. The first kappa shape index (κ1) is 19.9. The fraction of sp³-hybridized carbons (Fsp3) is 0.143. The number of rotatable bonds is 6. The molecular formula is C21H19Cl2NO2S. The summed E-state index contributed by atoms with van der Waals surface area (Å²) in [7, 11) is -3.63. The van der Waals surface area contributed by atoms with Crippen LogP contribution in [-0.2, 0) is 15.8 Å². The van der Waals surface area contributed by atoms with Crippen molar-refractivity contribution in [2.45, 2.75) is 18.7 Å². The Morgan fingerprint density at radius 1 is 0.889 bits per heavy atom. The van der Waals surface area contributed by atoms with Gasteiger partial charge in [-0.2, -0.15) is 0 Å². The van der Waals surface area contributed by atoms with Crippen LogP contribution in [0.1, 0.15) is 28.3 Å². The van der Waals surface area contributed by atoms with Gasteiger partial charge in [0.15, 0.2) is 0 Å². The molecule has 3 aromatic rings. The lowest BCUT2D eigenvalue weighted by atomic mass is 9.96. The molecule has 27 heavy (non-hydrogen) atoms. The number of aryl methyl sites for hydroxylation is 1. The Morgan fingerprint density at radius 3 is 2.22 bits per heavy atom. The van der Waals surface area contributed by atoms with Crippen molar-refractivity contribution < 1.29 is 8.42 Å². The van der Waals surface area contributed by atoms with Crippen LogP contribution in [0.5, 0.6) is 0 Å². The molecule has 0 aliphatic carbocycles. The number of hydrogen-bond acceptors (Lipinski definition) is 2. The van der Waals surface area contributed by atoms with Crippen molar-refractivity contribution in [2.75, 3.05) is 0 Å². The minimum Gasteiger partial charge on any atom is -0.212 e. The first-order valence-corrected chi connectivity index (χ1v) is 10.8. The maximum Gasteiger partial charge on any atom is 0.216 e. The molecule has 0 unspecified atom stereocenters. The molecule has 140 valence electrons. The molecule has 0 amide bonds. The first-order chi connectivity index (χ1) is 12.9. The van der Waals surface area contributed by atoms with Crippen molar-refractivity contribution in [2.24, 2.45) is 0 Å². The lowest BCUT2D eigenvalue weighted by Crippen LogP contribution is -2.31. The maximum atomic E-state index is 12.9. The normalized spacial score (nSPS) is 12.7. The second-order valence-corrected chi connectivity index (χ2v) is 8.89. The van der Waals surface area contributed by atoms with E-state index in [-0.39, 0.29) is 5.75 Å². The van der Waals surface area contributed by atoms with Crippen molar-refractivity contribution >= 4 is 33.2 Å². The molecule has 3 rings (SSSR count). The van der Waals surface area contributed by atoms with E-state index in [1.165, 1.54) is 0 Å². The Labute approximate surface area is 170 Å². The quantitative estimate of drug-likeness (QED) is 0.572. The fourth-order valence-corrected chi connectivity index (χ4v) is 4.58. The van der Waals surface area contributed by atoms with Gasteiger partial charge in [-0.1, -0.05) is 83.9 Å². The van der Waals surface area contributed by atoms with Gasteiger partial charge in [0.05, 0.1) is 21.8 Å². The molecule has 1 atom stereocenters. The SMILES string of the molecule is Cc1ccccc1[C@H](NS(=O)(=O)Cc1ccc(Cl)c(Cl)c1)c1ccccc1. The summed E-state index contributed by atoms with van der Waals surface area (Å²) in [4.78, 5) is 0. The van der Waals surface area contributed by atoms with Crippen LogP contribution >= 0.6 is 23.2 Å². The summed E-state index contributed by atoms with van der Waals surface area (Å²) in [6.07, 6.45) is 0. The molecule has 0 aliphatic heterocycles. The lowest BCUT2D eigenvalue weighted by molar-refractivity contribution is 0.571. The molecule has 0 bridgehead atoms. The van der Waals surface area contributed by atoms with Crippen molar-refractivity contribution in [3.8, 4) is 0 Å². The topological polar surface area (TPSA) is 46.2 Å². The number of sulfonamides is 1. The molecule has 0 saturated carbocycles. The second-order valence-electron chi connectivity index (χ2n) is 6.33. The van der Waals surface area contributed by atoms with E-state index in [1.54, 1.807) is 18.2 Å². The van der Waals surface area contributed by atoms with Gasteiger partial charge in [0.25, 0.3) is 0 Å². The van der Waals surface area contributed by atoms with Gasteiger partial charge in [-0.25, -0.2) is 13.1 Å². The highest BCUT2D eigenvalue weighted by Gasteiger charge is 2.23. The molecule has 3 nitrogen and oxygen atoms in total. The summed E-state index contributed by atoms with van der Waals surface area (Å²) < 4.78 is 28.6. The van der Waals surface area contributed by atoms with E-state index in [0.29, 0.717) is 15.6 Å². The predicted molar refractivity (Wildman–Crippen MR) is 112 cm³/mol. The molecule has 0 saturated heterocycles. The van der Waals surface area contributed by atoms with Gasteiger partial charge in [0, 0.05) is 0 Å². The lowest BCUT2D eigenvalue weighted by Gasteiger charge is -2.21. The van der Waals surface area contributed by atoms with Gasteiger partial charge < -0.3 is 0 Å². The zero-order chi connectivity index (χ0) is 19.4. The molecule has 6 heteroatoms. The zero-order valence-electron chi connectivity index (χ0n) is 14.7. The number of hydrogen-bond donors (Lipinski definition) is 1. The molecule has 0 spiro atoms. The van der Waals surface area contributed by atoms with E-state index in [1.807, 2.05) is 61.5 Å². The maximum absolute atomic E-state index is 12.9. The molecule has 0 radical (unpaired) electrons. The van der Waals surface area contributed by atoms with Gasteiger partial charge in [0.2, 0.25) is 10.0 Å². The van der Waals surface area contributed by atoms with Crippen molar-refractivity contribution in [3.05, 3.63) is 105 Å². The van der Waals surface area contributed by atoms with Gasteiger partial charge >= 0.3 is 0 Å². The van der Waals surface area contributed by atoms with Crippen molar-refractivity contribution in [1.29, 1.82) is 0 Å². The van der Waals surface area contributed by atoms with E-state index in [9.17, 15) is 8.42 Å². The Kier molecular flexibility index (Phi) is 6.22. The molecule has 0 fully saturated rings. The van der Waals surface area contributed by atoms with Gasteiger partial charge in [-0.05, 0) is 41.3 Å². The summed E-state index contributed by atoms with van der Waals surface area (Å²) in [5.74, 6) is -0.181. The number of nitrogens with one attached hydrogen (secondary N) is 1. The van der Waals surface area contributed by atoms with Crippen LogP contribution in [0.15, 0.2) is 72.8 Å². The van der Waals surface area contributed by atoms with Crippen LogP contribution in [0.4, 0.5) is 0 Å². The van der Waals surface area contributed by atoms with Crippen molar-refractivity contribution in [3.63, 3.8) is 0 Å². The van der Waals surface area contributed by atoms with Crippen LogP contribution < -0.4 is 4.72 Å². The zero-order valence-corrected chi connectivity index (χ0v) is 17.0. The average Bonchev–Trinajstić information content (AvgIpc) is 2.64. The first-order valence-electron chi connectivity index (χ1n) is 8.40. The summed E-state index contributed by atoms with van der Waals surface area (Å²) in [6, 6.07) is 21.7. The molecule has 1 N–H and O–H groups in total. The molecular weight excluding hydrogens is 401 g/mol. The summed E-state index contributed by atoms with van der Waals surface area (Å²) >= 11 is 11.9. The molecule has 3 aromatic carbocycles. The van der Waals surface area contributed by atoms with Gasteiger partial charge in [0.1, 0.15) is 0 Å². The van der Waals surface area contributed by atoms with Gasteiger partial charge in [-0.15, -0.1) is 0 Å². The Hall–Kier alpha value is -1.85. The third-order valence-corrected chi connectivity index (χ3v) is 6.32. The molecule has 0 aromatic heterocycles. The predicted octanol–water partition coefficient (Wildman–Crippen LogP) is 5.51. The van der Waals surface area contributed by atoms with Crippen LogP contribution in [0, 0.1) is 6.92 Å². The highest BCUT2D eigenvalue weighted by atomic mass is 35.5. The minimum absolute atomic E-state index is 0.181.